The quantitative estimate of drug-likeness (QED) is 0.446. The van der Waals surface area contributed by atoms with Crippen molar-refractivity contribution in [1.82, 2.24) is 5.32 Å². The first kappa shape index (κ1) is 24.9. The highest BCUT2D eigenvalue weighted by atomic mass is 32.2. The molecule has 2 N–H and O–H groups in total. The van der Waals surface area contributed by atoms with Crippen LogP contribution < -0.4 is 10.6 Å². The van der Waals surface area contributed by atoms with Crippen LogP contribution in [0.25, 0.3) is 11.1 Å². The van der Waals surface area contributed by atoms with Gasteiger partial charge in [-0.2, -0.15) is 24.9 Å². The number of thioether (sulfide) groups is 1. The molecule has 0 radical (unpaired) electrons. The molecule has 3 aromatic rings. The van der Waals surface area contributed by atoms with Gasteiger partial charge in [0.1, 0.15) is 0 Å². The normalized spacial score (nSPS) is 14.9. The fourth-order valence-corrected chi connectivity index (χ4v) is 4.81. The van der Waals surface area contributed by atoms with Crippen molar-refractivity contribution in [3.63, 3.8) is 0 Å². The molecular weight excluding hydrogens is 473 g/mol. The van der Waals surface area contributed by atoms with Gasteiger partial charge in [-0.25, -0.2) is 0 Å². The van der Waals surface area contributed by atoms with Gasteiger partial charge in [0, 0.05) is 17.3 Å². The number of halogens is 3. The molecule has 0 saturated heterocycles. The Hall–Kier alpha value is -3.26. The summed E-state index contributed by atoms with van der Waals surface area (Å²) < 4.78 is 38.9. The zero-order chi connectivity index (χ0) is 25.2. The average molecular weight is 499 g/mol. The second-order valence-corrected chi connectivity index (χ2v) is 9.48. The maximum absolute atomic E-state index is 13.2. The Morgan fingerprint density at radius 2 is 1.71 bits per heavy atom. The van der Waals surface area contributed by atoms with Crippen LogP contribution in [0.15, 0.2) is 60.7 Å². The Balaban J connectivity index is 1.53. The number of anilines is 1. The van der Waals surface area contributed by atoms with Gasteiger partial charge >= 0.3 is 6.18 Å². The predicted octanol–water partition coefficient (Wildman–Crippen LogP) is 5.88. The summed E-state index contributed by atoms with van der Waals surface area (Å²) in [6.45, 7) is 1.82. The number of hydrogen-bond acceptors (Lipinski definition) is 3. The maximum atomic E-state index is 13.2. The van der Waals surface area contributed by atoms with Crippen molar-refractivity contribution >= 4 is 29.3 Å². The van der Waals surface area contributed by atoms with Crippen molar-refractivity contribution < 1.29 is 22.8 Å². The summed E-state index contributed by atoms with van der Waals surface area (Å²) in [5.74, 6) is 0.0942. The Morgan fingerprint density at radius 3 is 2.40 bits per heavy atom. The monoisotopic (exact) mass is 498 g/mol. The molecule has 2 amide bonds. The summed E-state index contributed by atoms with van der Waals surface area (Å²) >= 11 is 1.48. The summed E-state index contributed by atoms with van der Waals surface area (Å²) in [7, 11) is 0. The first-order valence-corrected chi connectivity index (χ1v) is 12.5. The smallest absolute Gasteiger partial charge is 0.352 e. The molecule has 0 aromatic heterocycles. The van der Waals surface area contributed by atoms with Crippen LogP contribution in [0.4, 0.5) is 18.9 Å². The number of carbonyl (C=O) groups is 2. The Morgan fingerprint density at radius 1 is 1.00 bits per heavy atom. The molecule has 0 fully saturated rings. The van der Waals surface area contributed by atoms with E-state index in [9.17, 15) is 22.8 Å². The van der Waals surface area contributed by atoms with Crippen molar-refractivity contribution in [3.8, 4) is 11.1 Å². The molecule has 1 aliphatic rings. The lowest BCUT2D eigenvalue weighted by Gasteiger charge is -2.15. The molecule has 4 rings (SSSR count). The standard InChI is InChI=1S/C27H25F3N2O2S/c1-16-4-3-5-23(25(16)17-6-9-20(10-7-17)27(28,29)30)26(34)32-21-11-8-18-12-22(14-19(18)13-21)31-24(33)15-35-2/h3-11,13,22H,12,14-15H2,1-2H3,(H,31,33)(H,32,34). The zero-order valence-electron chi connectivity index (χ0n) is 19.3. The number of nitrogens with one attached hydrogen (secondary N) is 2. The van der Waals surface area contributed by atoms with Gasteiger partial charge in [0.2, 0.25) is 5.91 Å². The van der Waals surface area contributed by atoms with Gasteiger partial charge in [0.15, 0.2) is 0 Å². The number of rotatable bonds is 6. The molecule has 4 nitrogen and oxygen atoms in total. The van der Waals surface area contributed by atoms with Gasteiger partial charge in [-0.05, 0) is 84.2 Å². The minimum atomic E-state index is -4.42. The van der Waals surface area contributed by atoms with E-state index in [-0.39, 0.29) is 17.9 Å². The number of amides is 2. The molecule has 8 heteroatoms. The van der Waals surface area contributed by atoms with Gasteiger partial charge in [-0.15, -0.1) is 0 Å². The van der Waals surface area contributed by atoms with Gasteiger partial charge in [-0.3, -0.25) is 9.59 Å². The van der Waals surface area contributed by atoms with Gasteiger partial charge in [0.05, 0.1) is 11.3 Å². The fraction of sp³-hybridized carbons (Fsp3) is 0.259. The van der Waals surface area contributed by atoms with Crippen molar-refractivity contribution in [2.24, 2.45) is 0 Å². The number of fused-ring (bicyclic) bond motifs is 1. The van der Waals surface area contributed by atoms with E-state index in [1.54, 1.807) is 12.1 Å². The van der Waals surface area contributed by atoms with Crippen LogP contribution in [0.1, 0.15) is 32.6 Å². The summed E-state index contributed by atoms with van der Waals surface area (Å²) in [4.78, 5) is 25.1. The lowest BCUT2D eigenvalue weighted by atomic mass is 9.93. The molecule has 35 heavy (non-hydrogen) atoms. The molecule has 0 saturated carbocycles. The Labute approximate surface area is 206 Å². The molecule has 0 bridgehead atoms. The molecule has 1 aliphatic carbocycles. The van der Waals surface area contributed by atoms with Gasteiger partial charge < -0.3 is 10.6 Å². The van der Waals surface area contributed by atoms with E-state index >= 15 is 0 Å². The van der Waals surface area contributed by atoms with Crippen molar-refractivity contribution in [3.05, 3.63) is 88.5 Å². The Kier molecular flexibility index (Phi) is 7.21. The van der Waals surface area contributed by atoms with Crippen LogP contribution in [0.3, 0.4) is 0 Å². The molecule has 1 unspecified atom stereocenters. The highest BCUT2D eigenvalue weighted by Crippen LogP contribution is 2.33. The second-order valence-electron chi connectivity index (χ2n) is 8.62. The molecule has 0 aliphatic heterocycles. The molecule has 0 heterocycles. The predicted molar refractivity (Wildman–Crippen MR) is 134 cm³/mol. The summed E-state index contributed by atoms with van der Waals surface area (Å²) in [5, 5.41) is 5.97. The average Bonchev–Trinajstić information content (AvgIpc) is 3.20. The zero-order valence-corrected chi connectivity index (χ0v) is 20.1. The lowest BCUT2D eigenvalue weighted by molar-refractivity contribution is -0.137. The largest absolute Gasteiger partial charge is 0.416 e. The third-order valence-electron chi connectivity index (χ3n) is 6.06. The van der Waals surface area contributed by atoms with Crippen LogP contribution in [0.5, 0.6) is 0 Å². The van der Waals surface area contributed by atoms with Gasteiger partial charge in [0.25, 0.3) is 5.91 Å². The lowest BCUT2D eigenvalue weighted by Crippen LogP contribution is -2.36. The summed E-state index contributed by atoms with van der Waals surface area (Å²) in [6.07, 6.45) is -1.09. The van der Waals surface area contributed by atoms with E-state index < -0.39 is 11.7 Å². The third kappa shape index (κ3) is 5.70. The van der Waals surface area contributed by atoms with Crippen LogP contribution >= 0.6 is 11.8 Å². The van der Waals surface area contributed by atoms with Crippen LogP contribution in [0.2, 0.25) is 0 Å². The summed E-state index contributed by atoms with van der Waals surface area (Å²) in [5.41, 5.74) is 4.41. The van der Waals surface area contributed by atoms with E-state index in [0.717, 1.165) is 35.2 Å². The molecule has 1 atom stereocenters. The summed E-state index contributed by atoms with van der Waals surface area (Å²) in [6, 6.07) is 15.8. The fourth-order valence-electron chi connectivity index (χ4n) is 4.46. The molecule has 182 valence electrons. The first-order chi connectivity index (χ1) is 16.7. The van der Waals surface area contributed by atoms with Crippen molar-refractivity contribution in [1.29, 1.82) is 0 Å². The number of carbonyl (C=O) groups excluding carboxylic acids is 2. The van der Waals surface area contributed by atoms with Crippen LogP contribution in [-0.2, 0) is 23.8 Å². The third-order valence-corrected chi connectivity index (χ3v) is 6.61. The number of benzene rings is 3. The van der Waals surface area contributed by atoms with Crippen LogP contribution in [0, 0.1) is 6.92 Å². The highest BCUT2D eigenvalue weighted by Gasteiger charge is 2.30. The topological polar surface area (TPSA) is 58.2 Å². The van der Waals surface area contributed by atoms with E-state index in [0.29, 0.717) is 34.6 Å². The first-order valence-electron chi connectivity index (χ1n) is 11.1. The van der Waals surface area contributed by atoms with Crippen LogP contribution in [-0.4, -0.2) is 29.9 Å². The maximum Gasteiger partial charge on any atom is 0.416 e. The van der Waals surface area contributed by atoms with Crippen molar-refractivity contribution in [2.45, 2.75) is 32.0 Å². The van der Waals surface area contributed by atoms with E-state index in [4.69, 9.17) is 0 Å². The highest BCUT2D eigenvalue weighted by molar-refractivity contribution is 7.99. The number of alkyl halides is 3. The number of aryl methyl sites for hydroxylation is 1. The second kappa shape index (κ2) is 10.2. The van der Waals surface area contributed by atoms with E-state index in [2.05, 4.69) is 10.6 Å². The molecule has 3 aromatic carbocycles. The van der Waals surface area contributed by atoms with E-state index in [1.165, 1.54) is 23.9 Å². The number of hydrogen-bond donors (Lipinski definition) is 2. The molecule has 0 spiro atoms. The van der Waals surface area contributed by atoms with Crippen molar-refractivity contribution in [2.75, 3.05) is 17.3 Å². The Bertz CT molecular complexity index is 1260. The minimum absolute atomic E-state index is 0.0130. The van der Waals surface area contributed by atoms with E-state index in [1.807, 2.05) is 37.4 Å². The SMILES string of the molecule is CSCC(=O)NC1Cc2ccc(NC(=O)c3cccc(C)c3-c3ccc(C(F)(F)F)cc3)cc2C1. The molecular formula is C27H25F3N2O2S. The minimum Gasteiger partial charge on any atom is -0.352 e. The van der Waals surface area contributed by atoms with Gasteiger partial charge in [-0.1, -0.05) is 30.3 Å².